The third-order valence-electron chi connectivity index (χ3n) is 2.37. The molecule has 2 heteroatoms. The van der Waals surface area contributed by atoms with Crippen LogP contribution in [0.25, 0.3) is 10.8 Å². The maximum atomic E-state index is 6.10. The predicted octanol–water partition coefficient (Wildman–Crippen LogP) is 2.43. The van der Waals surface area contributed by atoms with Crippen LogP contribution in [0, 0.1) is 0 Å². The lowest BCUT2D eigenvalue weighted by Crippen LogP contribution is -2.28. The highest BCUT2D eigenvalue weighted by Crippen LogP contribution is 2.25. The highest BCUT2D eigenvalue weighted by Gasteiger charge is 2.16. The first-order chi connectivity index (χ1) is 6.59. The maximum absolute atomic E-state index is 6.10. The zero-order valence-corrected chi connectivity index (χ0v) is 8.49. The molecule has 0 amide bonds. The molecule has 0 aliphatic carbocycles. The Morgan fingerprint density at radius 2 is 2.00 bits per heavy atom. The van der Waals surface area contributed by atoms with E-state index in [0.717, 1.165) is 10.9 Å². The van der Waals surface area contributed by atoms with E-state index in [-0.39, 0.29) is 5.54 Å². The van der Waals surface area contributed by atoms with Crippen molar-refractivity contribution in [1.82, 2.24) is 4.98 Å². The largest absolute Gasteiger partial charge is 0.322 e. The zero-order valence-electron chi connectivity index (χ0n) is 8.49. The molecule has 0 spiro atoms. The van der Waals surface area contributed by atoms with Gasteiger partial charge in [-0.3, -0.25) is 4.98 Å². The van der Waals surface area contributed by atoms with Crippen LogP contribution in [0.1, 0.15) is 19.4 Å². The maximum Gasteiger partial charge on any atom is 0.0358 e. The fourth-order valence-electron chi connectivity index (χ4n) is 1.68. The zero-order chi connectivity index (χ0) is 10.2. The normalized spacial score (nSPS) is 11.9. The molecule has 0 saturated carbocycles. The summed E-state index contributed by atoms with van der Waals surface area (Å²) in [5.41, 5.74) is 6.96. The molecule has 1 aromatic carbocycles. The Labute approximate surface area is 83.8 Å². The molecule has 0 saturated heterocycles. The molecule has 2 nitrogen and oxygen atoms in total. The molecular formula is C12H14N2. The van der Waals surface area contributed by atoms with Crippen molar-refractivity contribution in [3.63, 3.8) is 0 Å². The summed E-state index contributed by atoms with van der Waals surface area (Å²) < 4.78 is 0. The molecule has 2 aromatic rings. The van der Waals surface area contributed by atoms with E-state index in [1.807, 2.05) is 32.2 Å². The summed E-state index contributed by atoms with van der Waals surface area (Å²) in [7, 11) is 0. The quantitative estimate of drug-likeness (QED) is 0.742. The molecule has 0 unspecified atom stereocenters. The Bertz CT molecular complexity index is 450. The van der Waals surface area contributed by atoms with Gasteiger partial charge >= 0.3 is 0 Å². The number of hydrogen-bond acceptors (Lipinski definition) is 2. The molecule has 0 aliphatic heterocycles. The molecule has 0 radical (unpaired) electrons. The van der Waals surface area contributed by atoms with Crippen LogP contribution in [0.4, 0.5) is 0 Å². The van der Waals surface area contributed by atoms with Gasteiger partial charge in [0.25, 0.3) is 0 Å². The van der Waals surface area contributed by atoms with Gasteiger partial charge in [-0.25, -0.2) is 0 Å². The number of nitrogens with zero attached hydrogens (tertiary/aromatic N) is 1. The summed E-state index contributed by atoms with van der Waals surface area (Å²) in [6.45, 7) is 4.03. The molecule has 0 atom stereocenters. The monoisotopic (exact) mass is 186 g/mol. The van der Waals surface area contributed by atoms with Crippen molar-refractivity contribution in [2.45, 2.75) is 19.4 Å². The summed E-state index contributed by atoms with van der Waals surface area (Å²) in [5, 5.41) is 2.33. The minimum atomic E-state index is -0.305. The Morgan fingerprint density at radius 1 is 1.21 bits per heavy atom. The van der Waals surface area contributed by atoms with Crippen LogP contribution in [0.15, 0.2) is 36.7 Å². The Kier molecular flexibility index (Phi) is 2.01. The van der Waals surface area contributed by atoms with Crippen LogP contribution in [0.3, 0.4) is 0 Å². The third kappa shape index (κ3) is 1.49. The summed E-state index contributed by atoms with van der Waals surface area (Å²) in [4.78, 5) is 4.10. The minimum absolute atomic E-state index is 0.305. The van der Waals surface area contributed by atoms with E-state index in [1.165, 1.54) is 5.39 Å². The molecule has 1 aromatic heterocycles. The van der Waals surface area contributed by atoms with Crippen molar-refractivity contribution in [2.24, 2.45) is 5.73 Å². The first-order valence-corrected chi connectivity index (χ1v) is 4.71. The minimum Gasteiger partial charge on any atom is -0.322 e. The van der Waals surface area contributed by atoms with E-state index >= 15 is 0 Å². The van der Waals surface area contributed by atoms with E-state index in [1.54, 1.807) is 6.20 Å². The predicted molar refractivity (Wildman–Crippen MR) is 59.0 cm³/mol. The van der Waals surface area contributed by atoms with Crippen LogP contribution < -0.4 is 5.73 Å². The van der Waals surface area contributed by atoms with Crippen molar-refractivity contribution >= 4 is 10.8 Å². The number of rotatable bonds is 1. The average molecular weight is 186 g/mol. The van der Waals surface area contributed by atoms with Crippen molar-refractivity contribution in [3.05, 3.63) is 42.2 Å². The Hall–Kier alpha value is -1.41. The van der Waals surface area contributed by atoms with Crippen molar-refractivity contribution < 1.29 is 0 Å². The Morgan fingerprint density at radius 3 is 2.71 bits per heavy atom. The van der Waals surface area contributed by atoms with Gasteiger partial charge in [0.2, 0.25) is 0 Å². The van der Waals surface area contributed by atoms with Crippen LogP contribution >= 0.6 is 0 Å². The lowest BCUT2D eigenvalue weighted by Gasteiger charge is -2.21. The number of benzene rings is 1. The molecule has 2 N–H and O–H groups in total. The van der Waals surface area contributed by atoms with Crippen molar-refractivity contribution in [1.29, 1.82) is 0 Å². The van der Waals surface area contributed by atoms with Crippen LogP contribution in [0.2, 0.25) is 0 Å². The number of hydrogen-bond donors (Lipinski definition) is 1. The number of nitrogens with two attached hydrogens (primary N) is 1. The fraction of sp³-hybridized carbons (Fsp3) is 0.250. The van der Waals surface area contributed by atoms with E-state index < -0.39 is 0 Å². The molecule has 0 fully saturated rings. The summed E-state index contributed by atoms with van der Waals surface area (Å²) in [5.74, 6) is 0. The molecule has 72 valence electrons. The van der Waals surface area contributed by atoms with Crippen LogP contribution in [-0.4, -0.2) is 4.98 Å². The smallest absolute Gasteiger partial charge is 0.0358 e. The second kappa shape index (κ2) is 3.07. The van der Waals surface area contributed by atoms with Gasteiger partial charge in [-0.15, -0.1) is 0 Å². The molecule has 2 rings (SSSR count). The highest BCUT2D eigenvalue weighted by molar-refractivity contribution is 5.85. The highest BCUT2D eigenvalue weighted by atomic mass is 14.7. The lowest BCUT2D eigenvalue weighted by molar-refractivity contribution is 0.559. The summed E-state index contributed by atoms with van der Waals surface area (Å²) in [6, 6.07) is 8.16. The lowest BCUT2D eigenvalue weighted by atomic mass is 9.91. The van der Waals surface area contributed by atoms with Gasteiger partial charge < -0.3 is 5.73 Å². The van der Waals surface area contributed by atoms with E-state index in [9.17, 15) is 0 Å². The number of fused-ring (bicyclic) bond motifs is 1. The van der Waals surface area contributed by atoms with Crippen molar-refractivity contribution in [2.75, 3.05) is 0 Å². The molecule has 0 aliphatic rings. The fourth-order valence-corrected chi connectivity index (χ4v) is 1.68. The second-order valence-electron chi connectivity index (χ2n) is 4.12. The molecular weight excluding hydrogens is 172 g/mol. The second-order valence-corrected chi connectivity index (χ2v) is 4.12. The van der Waals surface area contributed by atoms with Gasteiger partial charge in [-0.2, -0.15) is 0 Å². The van der Waals surface area contributed by atoms with Gasteiger partial charge in [0.15, 0.2) is 0 Å². The van der Waals surface area contributed by atoms with E-state index in [4.69, 9.17) is 5.73 Å². The van der Waals surface area contributed by atoms with E-state index in [2.05, 4.69) is 17.1 Å². The standard InChI is InChI=1S/C12H14N2/c1-12(2,13)11-5-3-4-9-8-14-7-6-10(9)11/h3-8H,13H2,1-2H3. The van der Waals surface area contributed by atoms with Crippen molar-refractivity contribution in [3.8, 4) is 0 Å². The summed E-state index contributed by atoms with van der Waals surface area (Å²) >= 11 is 0. The first-order valence-electron chi connectivity index (χ1n) is 4.71. The SMILES string of the molecule is CC(C)(N)c1cccc2cnccc12. The van der Waals surface area contributed by atoms with Gasteiger partial charge in [0.1, 0.15) is 0 Å². The van der Waals surface area contributed by atoms with Gasteiger partial charge in [0, 0.05) is 23.3 Å². The number of aromatic nitrogens is 1. The topological polar surface area (TPSA) is 38.9 Å². The first kappa shape index (κ1) is 9.16. The van der Waals surface area contributed by atoms with Gasteiger partial charge in [0.05, 0.1) is 0 Å². The molecule has 14 heavy (non-hydrogen) atoms. The van der Waals surface area contributed by atoms with E-state index in [0.29, 0.717) is 0 Å². The number of pyridine rings is 1. The summed E-state index contributed by atoms with van der Waals surface area (Å²) in [6.07, 6.45) is 3.67. The molecule has 1 heterocycles. The van der Waals surface area contributed by atoms with Gasteiger partial charge in [-0.1, -0.05) is 18.2 Å². The Balaban J connectivity index is 2.78. The van der Waals surface area contributed by atoms with Crippen LogP contribution in [0.5, 0.6) is 0 Å². The van der Waals surface area contributed by atoms with Gasteiger partial charge in [-0.05, 0) is 30.9 Å². The van der Waals surface area contributed by atoms with Crippen LogP contribution in [-0.2, 0) is 5.54 Å². The third-order valence-corrected chi connectivity index (χ3v) is 2.37. The molecule has 0 bridgehead atoms. The average Bonchev–Trinajstić information content (AvgIpc) is 2.15.